The van der Waals surface area contributed by atoms with Crippen LogP contribution in [0.15, 0.2) is 77.8 Å². The average Bonchev–Trinajstić information content (AvgIpc) is 2.70. The Balaban J connectivity index is 2.39. The molecule has 0 aromatic heterocycles. The third-order valence-electron chi connectivity index (χ3n) is 4.84. The second kappa shape index (κ2) is 7.41. The first kappa shape index (κ1) is 18.3. The maximum Gasteiger partial charge on any atom is 0.270 e. The quantitative estimate of drug-likeness (QED) is 0.310. The van der Waals surface area contributed by atoms with Crippen molar-refractivity contribution in [2.45, 2.75) is 12.3 Å². The van der Waals surface area contributed by atoms with Crippen LogP contribution in [0.25, 0.3) is 0 Å². The zero-order valence-electron chi connectivity index (χ0n) is 15.2. The van der Waals surface area contributed by atoms with E-state index >= 15 is 0 Å². The number of benzene rings is 3. The lowest BCUT2D eigenvalue weighted by molar-refractivity contribution is -0.385. The van der Waals surface area contributed by atoms with Gasteiger partial charge in [-0.25, -0.2) is 0 Å². The van der Waals surface area contributed by atoms with Gasteiger partial charge in [0, 0.05) is 41.9 Å². The normalized spacial score (nSPS) is 11.6. The van der Waals surface area contributed by atoms with E-state index in [0.717, 1.165) is 11.1 Å². The molecule has 5 nitrogen and oxygen atoms in total. The SMILES string of the molecule is CN=Cc1cc([N+](=O)[O-])cc(C(C)(c2ccccc2)c2ccccc2)c1O. The highest BCUT2D eigenvalue weighted by molar-refractivity contribution is 5.86. The van der Waals surface area contributed by atoms with Crippen LogP contribution in [-0.4, -0.2) is 23.3 Å². The van der Waals surface area contributed by atoms with Crippen molar-refractivity contribution >= 4 is 11.9 Å². The van der Waals surface area contributed by atoms with E-state index in [4.69, 9.17) is 0 Å². The minimum Gasteiger partial charge on any atom is -0.507 e. The Morgan fingerprint density at radius 3 is 1.96 bits per heavy atom. The lowest BCUT2D eigenvalue weighted by atomic mass is 9.70. The van der Waals surface area contributed by atoms with Crippen molar-refractivity contribution in [2.24, 2.45) is 4.99 Å². The molecule has 0 atom stereocenters. The third kappa shape index (κ3) is 3.31. The predicted molar refractivity (Wildman–Crippen MR) is 107 cm³/mol. The molecule has 0 bridgehead atoms. The highest BCUT2D eigenvalue weighted by atomic mass is 16.6. The average molecular weight is 360 g/mol. The van der Waals surface area contributed by atoms with Gasteiger partial charge in [0.2, 0.25) is 0 Å². The molecule has 0 saturated heterocycles. The molecule has 3 aromatic rings. The van der Waals surface area contributed by atoms with Gasteiger partial charge in [0.15, 0.2) is 0 Å². The number of nitrogens with zero attached hydrogens (tertiary/aromatic N) is 2. The second-order valence-corrected chi connectivity index (χ2v) is 6.43. The van der Waals surface area contributed by atoms with Crippen molar-refractivity contribution in [1.29, 1.82) is 0 Å². The smallest absolute Gasteiger partial charge is 0.270 e. The fourth-order valence-corrected chi connectivity index (χ4v) is 3.39. The number of non-ortho nitro benzene ring substituents is 1. The summed E-state index contributed by atoms with van der Waals surface area (Å²) in [6.45, 7) is 1.96. The number of phenolic OH excluding ortho intramolecular Hbond substituents is 1. The highest BCUT2D eigenvalue weighted by Gasteiger charge is 2.35. The van der Waals surface area contributed by atoms with Crippen molar-refractivity contribution < 1.29 is 10.0 Å². The summed E-state index contributed by atoms with van der Waals surface area (Å²) in [5.41, 5.74) is 1.76. The van der Waals surface area contributed by atoms with E-state index in [1.807, 2.05) is 67.6 Å². The predicted octanol–water partition coefficient (Wildman–Crippen LogP) is 4.70. The van der Waals surface area contributed by atoms with Crippen molar-refractivity contribution in [1.82, 2.24) is 0 Å². The molecular formula is C22H20N2O3. The number of hydrogen-bond acceptors (Lipinski definition) is 4. The zero-order chi connectivity index (χ0) is 19.4. The number of aromatic hydroxyl groups is 1. The molecule has 0 aliphatic rings. The number of aliphatic imine (C=N–C) groups is 1. The molecular weight excluding hydrogens is 340 g/mol. The summed E-state index contributed by atoms with van der Waals surface area (Å²) in [6.07, 6.45) is 1.43. The molecule has 27 heavy (non-hydrogen) atoms. The fraction of sp³-hybridized carbons (Fsp3) is 0.136. The number of nitro groups is 1. The molecule has 3 rings (SSSR count). The van der Waals surface area contributed by atoms with Crippen molar-refractivity contribution in [2.75, 3.05) is 7.05 Å². The Kier molecular flexibility index (Phi) is 5.03. The van der Waals surface area contributed by atoms with Gasteiger partial charge in [0.05, 0.1) is 4.92 Å². The largest absolute Gasteiger partial charge is 0.507 e. The number of hydrogen-bond donors (Lipinski definition) is 1. The van der Waals surface area contributed by atoms with E-state index < -0.39 is 10.3 Å². The molecule has 0 aliphatic carbocycles. The highest BCUT2D eigenvalue weighted by Crippen LogP contribution is 2.45. The summed E-state index contributed by atoms with van der Waals surface area (Å²) in [4.78, 5) is 15.0. The van der Waals surface area contributed by atoms with E-state index in [2.05, 4.69) is 4.99 Å². The molecule has 0 amide bonds. The molecule has 0 saturated carbocycles. The second-order valence-electron chi connectivity index (χ2n) is 6.43. The Bertz CT molecular complexity index is 944. The summed E-state index contributed by atoms with van der Waals surface area (Å²) >= 11 is 0. The molecule has 3 aromatic carbocycles. The minimum absolute atomic E-state index is 0.0126. The van der Waals surface area contributed by atoms with Crippen LogP contribution in [0.5, 0.6) is 5.75 Å². The lowest BCUT2D eigenvalue weighted by Crippen LogP contribution is -2.26. The van der Waals surface area contributed by atoms with Crippen molar-refractivity contribution in [3.05, 3.63) is 105 Å². The van der Waals surface area contributed by atoms with Gasteiger partial charge < -0.3 is 5.11 Å². The first-order valence-electron chi connectivity index (χ1n) is 8.53. The van der Waals surface area contributed by atoms with Gasteiger partial charge in [-0.2, -0.15) is 0 Å². The van der Waals surface area contributed by atoms with E-state index in [0.29, 0.717) is 11.1 Å². The Labute approximate surface area is 157 Å². The Hall–Kier alpha value is -3.47. The van der Waals surface area contributed by atoms with Crippen LogP contribution in [0.4, 0.5) is 5.69 Å². The van der Waals surface area contributed by atoms with E-state index in [1.165, 1.54) is 18.3 Å². The van der Waals surface area contributed by atoms with Gasteiger partial charge in [0.25, 0.3) is 5.69 Å². The fourth-order valence-electron chi connectivity index (χ4n) is 3.39. The maximum absolute atomic E-state index is 11.5. The standard InChI is InChI=1S/C22H20N2O3/c1-22(17-9-5-3-6-10-17,18-11-7-4-8-12-18)20-14-19(24(26)27)13-16(15-23-2)21(20)25/h3-15,25H,1-2H3. The minimum atomic E-state index is -0.783. The summed E-state index contributed by atoms with van der Waals surface area (Å²) in [7, 11) is 1.56. The zero-order valence-corrected chi connectivity index (χ0v) is 15.2. The molecule has 0 aliphatic heterocycles. The summed E-state index contributed by atoms with van der Waals surface area (Å²) < 4.78 is 0. The molecule has 0 heterocycles. The number of nitro benzene ring substituents is 1. The molecule has 0 unspecified atom stereocenters. The van der Waals surface area contributed by atoms with Gasteiger partial charge in [-0.15, -0.1) is 0 Å². The topological polar surface area (TPSA) is 75.7 Å². The number of phenols is 1. The molecule has 5 heteroatoms. The van der Waals surface area contributed by atoms with E-state index in [9.17, 15) is 15.2 Å². The first-order valence-corrected chi connectivity index (χ1v) is 8.53. The molecule has 1 N–H and O–H groups in total. The molecule has 136 valence electrons. The van der Waals surface area contributed by atoms with Crippen LogP contribution < -0.4 is 0 Å². The molecule has 0 spiro atoms. The lowest BCUT2D eigenvalue weighted by Gasteiger charge is -2.32. The van der Waals surface area contributed by atoms with Gasteiger partial charge in [-0.05, 0) is 18.1 Å². The molecule has 0 radical (unpaired) electrons. The third-order valence-corrected chi connectivity index (χ3v) is 4.84. The Morgan fingerprint density at radius 2 is 1.52 bits per heavy atom. The summed E-state index contributed by atoms with van der Waals surface area (Å²) in [6, 6.07) is 22.1. The van der Waals surface area contributed by atoms with Crippen LogP contribution >= 0.6 is 0 Å². The first-order chi connectivity index (χ1) is 13.0. The van der Waals surface area contributed by atoms with Gasteiger partial charge >= 0.3 is 0 Å². The van der Waals surface area contributed by atoms with Crippen molar-refractivity contribution in [3.63, 3.8) is 0 Å². The van der Waals surface area contributed by atoms with Gasteiger partial charge in [0.1, 0.15) is 5.75 Å². The maximum atomic E-state index is 11.5. The van der Waals surface area contributed by atoms with Crippen LogP contribution in [0, 0.1) is 10.1 Å². The van der Waals surface area contributed by atoms with Gasteiger partial charge in [-0.3, -0.25) is 15.1 Å². The van der Waals surface area contributed by atoms with Crippen LogP contribution in [0.3, 0.4) is 0 Å². The Morgan fingerprint density at radius 1 is 1.00 bits per heavy atom. The van der Waals surface area contributed by atoms with Crippen molar-refractivity contribution in [3.8, 4) is 5.75 Å². The number of rotatable bonds is 5. The summed E-state index contributed by atoms with van der Waals surface area (Å²) in [5, 5.41) is 22.5. The monoisotopic (exact) mass is 360 g/mol. The summed E-state index contributed by atoms with van der Waals surface area (Å²) in [5.74, 6) is -0.0126. The van der Waals surface area contributed by atoms with E-state index in [-0.39, 0.29) is 11.4 Å². The van der Waals surface area contributed by atoms with Gasteiger partial charge in [-0.1, -0.05) is 60.7 Å². The van der Waals surface area contributed by atoms with E-state index in [1.54, 1.807) is 7.05 Å². The molecule has 0 fully saturated rings. The van der Waals surface area contributed by atoms with Crippen LogP contribution in [0.1, 0.15) is 29.2 Å². The van der Waals surface area contributed by atoms with Crippen LogP contribution in [-0.2, 0) is 5.41 Å². The van der Waals surface area contributed by atoms with Crippen LogP contribution in [0.2, 0.25) is 0 Å².